The van der Waals surface area contributed by atoms with Crippen LogP contribution in [0.3, 0.4) is 0 Å². The minimum Gasteiger partial charge on any atom is -0.462 e. The summed E-state index contributed by atoms with van der Waals surface area (Å²) in [6, 6.07) is 11.8. The van der Waals surface area contributed by atoms with Crippen molar-refractivity contribution in [2.75, 3.05) is 25.2 Å². The van der Waals surface area contributed by atoms with Crippen LogP contribution < -0.4 is 5.32 Å². The third-order valence-electron chi connectivity index (χ3n) is 3.98. The molecule has 0 fully saturated rings. The maximum Gasteiger partial charge on any atom is 0.339 e. The van der Waals surface area contributed by atoms with Crippen molar-refractivity contribution in [3.63, 3.8) is 0 Å². The summed E-state index contributed by atoms with van der Waals surface area (Å²) in [5, 5.41) is 2.83. The van der Waals surface area contributed by atoms with Crippen LogP contribution in [0.2, 0.25) is 5.02 Å². The number of anilines is 1. The molecule has 150 valence electrons. The Morgan fingerprint density at radius 3 is 2.39 bits per heavy atom. The van der Waals surface area contributed by atoms with Crippen LogP contribution in [0.5, 0.6) is 0 Å². The minimum absolute atomic E-state index is 0.106. The van der Waals surface area contributed by atoms with Crippen LogP contribution in [0.25, 0.3) is 0 Å². The molecule has 0 heterocycles. The second-order valence-corrected chi connectivity index (χ2v) is 8.45. The smallest absolute Gasteiger partial charge is 0.339 e. The van der Waals surface area contributed by atoms with Gasteiger partial charge in [-0.15, -0.1) is 0 Å². The first-order valence-electron chi connectivity index (χ1n) is 8.40. The number of halogens is 1. The average Bonchev–Trinajstić information content (AvgIpc) is 2.63. The SMILES string of the molecule is CCOC(=O)c1cc(NC(=O)[C@@H](c2ccccc2)N(C)S(C)(=O)=O)ccc1Cl. The number of hydrogen-bond donors (Lipinski definition) is 1. The Balaban J connectivity index is 2.36. The number of carbonyl (C=O) groups excluding carboxylic acids is 2. The van der Waals surface area contributed by atoms with Crippen molar-refractivity contribution in [3.05, 3.63) is 64.7 Å². The number of hydrogen-bond acceptors (Lipinski definition) is 5. The first kappa shape index (κ1) is 21.9. The van der Waals surface area contributed by atoms with Crippen LogP contribution in [-0.4, -0.2) is 44.5 Å². The molecule has 28 heavy (non-hydrogen) atoms. The molecule has 0 bridgehead atoms. The Hall–Kier alpha value is -2.42. The van der Waals surface area contributed by atoms with Crippen molar-refractivity contribution < 1.29 is 22.7 Å². The molecule has 0 aliphatic heterocycles. The largest absolute Gasteiger partial charge is 0.462 e. The molecular weight excluding hydrogens is 404 g/mol. The van der Waals surface area contributed by atoms with E-state index in [2.05, 4.69) is 5.32 Å². The number of rotatable bonds is 7. The lowest BCUT2D eigenvalue weighted by molar-refractivity contribution is -0.119. The molecule has 7 nitrogen and oxygen atoms in total. The number of amides is 1. The van der Waals surface area contributed by atoms with Crippen molar-refractivity contribution in [2.24, 2.45) is 0 Å². The lowest BCUT2D eigenvalue weighted by Gasteiger charge is -2.25. The zero-order valence-electron chi connectivity index (χ0n) is 15.7. The summed E-state index contributed by atoms with van der Waals surface area (Å²) in [4.78, 5) is 24.9. The second kappa shape index (κ2) is 9.18. The van der Waals surface area contributed by atoms with E-state index in [-0.39, 0.29) is 17.2 Å². The van der Waals surface area contributed by atoms with E-state index < -0.39 is 27.9 Å². The molecule has 0 aromatic heterocycles. The molecule has 1 amide bonds. The second-order valence-electron chi connectivity index (χ2n) is 6.00. The van der Waals surface area contributed by atoms with E-state index in [0.717, 1.165) is 10.6 Å². The first-order chi connectivity index (χ1) is 13.1. The molecule has 2 aromatic rings. The predicted octanol–water partition coefficient (Wildman–Crippen LogP) is 3.09. The summed E-state index contributed by atoms with van der Waals surface area (Å²) >= 11 is 6.03. The Labute approximate surface area is 169 Å². The molecule has 2 rings (SSSR count). The monoisotopic (exact) mass is 424 g/mol. The van der Waals surface area contributed by atoms with Crippen LogP contribution in [-0.2, 0) is 19.6 Å². The molecule has 0 spiro atoms. The number of sulfonamides is 1. The van der Waals surface area contributed by atoms with Gasteiger partial charge in [-0.05, 0) is 30.7 Å². The van der Waals surface area contributed by atoms with Crippen LogP contribution in [0.15, 0.2) is 48.5 Å². The average molecular weight is 425 g/mol. The highest BCUT2D eigenvalue weighted by molar-refractivity contribution is 7.88. The minimum atomic E-state index is -3.65. The summed E-state index contributed by atoms with van der Waals surface area (Å²) in [5.74, 6) is -1.19. The highest BCUT2D eigenvalue weighted by Gasteiger charge is 2.31. The Morgan fingerprint density at radius 2 is 1.82 bits per heavy atom. The Morgan fingerprint density at radius 1 is 1.18 bits per heavy atom. The van der Waals surface area contributed by atoms with E-state index in [1.54, 1.807) is 37.3 Å². The van der Waals surface area contributed by atoms with Crippen LogP contribution in [0, 0.1) is 0 Å². The van der Waals surface area contributed by atoms with Crippen molar-refractivity contribution in [1.29, 1.82) is 0 Å². The van der Waals surface area contributed by atoms with Crippen LogP contribution in [0.1, 0.15) is 28.9 Å². The van der Waals surface area contributed by atoms with Gasteiger partial charge in [0.1, 0.15) is 6.04 Å². The molecule has 1 N–H and O–H groups in total. The van der Waals surface area contributed by atoms with Gasteiger partial charge in [-0.1, -0.05) is 41.9 Å². The number of esters is 1. The van der Waals surface area contributed by atoms with E-state index in [9.17, 15) is 18.0 Å². The predicted molar refractivity (Wildman–Crippen MR) is 108 cm³/mol. The molecule has 0 aliphatic rings. The van der Waals surface area contributed by atoms with Crippen molar-refractivity contribution in [1.82, 2.24) is 4.31 Å². The van der Waals surface area contributed by atoms with E-state index in [4.69, 9.17) is 16.3 Å². The van der Waals surface area contributed by atoms with Gasteiger partial charge in [0.2, 0.25) is 15.9 Å². The summed E-state index contributed by atoms with van der Waals surface area (Å²) in [6.07, 6.45) is 1.03. The highest BCUT2D eigenvalue weighted by atomic mass is 35.5. The van der Waals surface area contributed by atoms with E-state index >= 15 is 0 Å². The fourth-order valence-electron chi connectivity index (χ4n) is 2.53. The maximum atomic E-state index is 12.9. The van der Waals surface area contributed by atoms with Crippen molar-refractivity contribution in [2.45, 2.75) is 13.0 Å². The van der Waals surface area contributed by atoms with Gasteiger partial charge in [0.05, 0.1) is 23.4 Å². The molecule has 9 heteroatoms. The molecule has 0 aliphatic carbocycles. The lowest BCUT2D eigenvalue weighted by Crippen LogP contribution is -2.38. The number of benzene rings is 2. The molecule has 0 radical (unpaired) electrons. The summed E-state index contributed by atoms with van der Waals surface area (Å²) in [6.45, 7) is 1.85. The van der Waals surface area contributed by atoms with Crippen molar-refractivity contribution >= 4 is 39.2 Å². The van der Waals surface area contributed by atoms with Crippen molar-refractivity contribution in [3.8, 4) is 0 Å². The lowest BCUT2D eigenvalue weighted by atomic mass is 10.1. The normalized spacial score (nSPS) is 12.5. The highest BCUT2D eigenvalue weighted by Crippen LogP contribution is 2.26. The van der Waals surface area contributed by atoms with E-state index in [0.29, 0.717) is 11.3 Å². The van der Waals surface area contributed by atoms with Gasteiger partial charge in [0, 0.05) is 12.7 Å². The number of nitrogens with one attached hydrogen (secondary N) is 1. The third-order valence-corrected chi connectivity index (χ3v) is 5.57. The fourth-order valence-corrected chi connectivity index (χ4v) is 3.33. The fraction of sp³-hybridized carbons (Fsp3) is 0.263. The first-order valence-corrected chi connectivity index (χ1v) is 10.6. The molecule has 0 unspecified atom stereocenters. The van der Waals surface area contributed by atoms with E-state index in [1.807, 2.05) is 0 Å². The van der Waals surface area contributed by atoms with Crippen LogP contribution in [0.4, 0.5) is 5.69 Å². The van der Waals surface area contributed by atoms with Gasteiger partial charge in [-0.2, -0.15) is 4.31 Å². The standard InChI is InChI=1S/C19H21ClN2O5S/c1-4-27-19(24)15-12-14(10-11-16(15)20)21-18(23)17(22(2)28(3,25)26)13-8-6-5-7-9-13/h5-12,17H,4H2,1-3H3,(H,21,23)/t17-/m1/s1. The topological polar surface area (TPSA) is 92.8 Å². The van der Waals surface area contributed by atoms with E-state index in [1.165, 1.54) is 25.2 Å². The molecule has 2 aromatic carbocycles. The summed E-state index contributed by atoms with van der Waals surface area (Å²) < 4.78 is 30.0. The van der Waals surface area contributed by atoms with Gasteiger partial charge in [0.15, 0.2) is 0 Å². The zero-order chi connectivity index (χ0) is 20.9. The number of likely N-dealkylation sites (N-methyl/N-ethyl adjacent to an activating group) is 1. The number of nitrogens with zero attached hydrogens (tertiary/aromatic N) is 1. The summed E-state index contributed by atoms with van der Waals surface area (Å²) in [5.41, 5.74) is 0.904. The molecule has 0 saturated carbocycles. The summed E-state index contributed by atoms with van der Waals surface area (Å²) in [7, 11) is -2.31. The zero-order valence-corrected chi connectivity index (χ0v) is 17.3. The number of ether oxygens (including phenoxy) is 1. The molecule has 1 atom stereocenters. The molecule has 0 saturated heterocycles. The number of carbonyl (C=O) groups is 2. The van der Waals surface area contributed by atoms with Gasteiger partial charge in [-0.3, -0.25) is 4.79 Å². The Kier molecular flexibility index (Phi) is 7.17. The maximum absolute atomic E-state index is 12.9. The van der Waals surface area contributed by atoms with Crippen LogP contribution >= 0.6 is 11.6 Å². The van der Waals surface area contributed by atoms with Gasteiger partial charge in [0.25, 0.3) is 0 Å². The Bertz CT molecular complexity index is 964. The quantitative estimate of drug-likeness (QED) is 0.689. The third kappa shape index (κ3) is 5.31. The molecular formula is C19H21ClN2O5S. The van der Waals surface area contributed by atoms with Gasteiger partial charge >= 0.3 is 5.97 Å². The van der Waals surface area contributed by atoms with Gasteiger partial charge in [-0.25, -0.2) is 13.2 Å². The van der Waals surface area contributed by atoms with Gasteiger partial charge < -0.3 is 10.1 Å².